The molecule has 0 radical (unpaired) electrons. The number of halogens is 1. The minimum absolute atomic E-state index is 0.593. The molecule has 2 aromatic carbocycles. The zero-order valence-corrected chi connectivity index (χ0v) is 10.7. The van der Waals surface area contributed by atoms with E-state index in [0.717, 1.165) is 17.5 Å². The molecule has 0 unspecified atom stereocenters. The standard InChI is InChI=1S/C15H14ClNO/c16-15-8-6-14(7-9-15)11-17(12-18)10-13-4-2-1-3-5-13/h1-9,12H,10-11H2. The molecule has 0 N–H and O–H groups in total. The molecule has 2 aromatic rings. The Balaban J connectivity index is 2.01. The van der Waals surface area contributed by atoms with Gasteiger partial charge in [0.25, 0.3) is 0 Å². The van der Waals surface area contributed by atoms with Gasteiger partial charge in [0.15, 0.2) is 0 Å². The van der Waals surface area contributed by atoms with Gasteiger partial charge >= 0.3 is 0 Å². The molecule has 0 aromatic heterocycles. The van der Waals surface area contributed by atoms with Crippen LogP contribution in [0.15, 0.2) is 54.6 Å². The van der Waals surface area contributed by atoms with Crippen molar-refractivity contribution in [2.75, 3.05) is 0 Å². The molecule has 2 nitrogen and oxygen atoms in total. The van der Waals surface area contributed by atoms with E-state index < -0.39 is 0 Å². The van der Waals surface area contributed by atoms with Crippen molar-refractivity contribution in [3.8, 4) is 0 Å². The Labute approximate surface area is 112 Å². The van der Waals surface area contributed by atoms with Gasteiger partial charge in [-0.05, 0) is 23.3 Å². The second-order valence-electron chi connectivity index (χ2n) is 4.12. The number of benzene rings is 2. The lowest BCUT2D eigenvalue weighted by Crippen LogP contribution is -2.20. The average molecular weight is 260 g/mol. The van der Waals surface area contributed by atoms with Crippen LogP contribution in [0.2, 0.25) is 5.02 Å². The first-order valence-corrected chi connectivity index (χ1v) is 6.13. The highest BCUT2D eigenvalue weighted by atomic mass is 35.5. The van der Waals surface area contributed by atoms with Gasteiger partial charge in [-0.15, -0.1) is 0 Å². The van der Waals surface area contributed by atoms with Crippen molar-refractivity contribution in [2.45, 2.75) is 13.1 Å². The summed E-state index contributed by atoms with van der Waals surface area (Å²) >= 11 is 5.83. The van der Waals surface area contributed by atoms with Crippen LogP contribution >= 0.6 is 11.6 Å². The maximum Gasteiger partial charge on any atom is 0.210 e. The van der Waals surface area contributed by atoms with Crippen LogP contribution in [0.25, 0.3) is 0 Å². The van der Waals surface area contributed by atoms with Crippen molar-refractivity contribution in [3.63, 3.8) is 0 Å². The second kappa shape index (κ2) is 6.22. The fourth-order valence-corrected chi connectivity index (χ4v) is 1.90. The van der Waals surface area contributed by atoms with Crippen LogP contribution in [0.3, 0.4) is 0 Å². The summed E-state index contributed by atoms with van der Waals surface area (Å²) in [6.45, 7) is 1.21. The second-order valence-corrected chi connectivity index (χ2v) is 4.56. The van der Waals surface area contributed by atoms with Crippen LogP contribution in [0.4, 0.5) is 0 Å². The summed E-state index contributed by atoms with van der Waals surface area (Å²) in [4.78, 5) is 12.8. The third-order valence-corrected chi connectivity index (χ3v) is 2.93. The van der Waals surface area contributed by atoms with E-state index in [-0.39, 0.29) is 0 Å². The fraction of sp³-hybridized carbons (Fsp3) is 0.133. The van der Waals surface area contributed by atoms with Crippen LogP contribution in [0.5, 0.6) is 0 Å². The van der Waals surface area contributed by atoms with Gasteiger partial charge in [-0.25, -0.2) is 0 Å². The SMILES string of the molecule is O=CN(Cc1ccccc1)Cc1ccc(Cl)cc1. The van der Waals surface area contributed by atoms with E-state index in [1.54, 1.807) is 4.90 Å². The van der Waals surface area contributed by atoms with Gasteiger partial charge in [0.1, 0.15) is 0 Å². The largest absolute Gasteiger partial charge is 0.337 e. The van der Waals surface area contributed by atoms with Gasteiger partial charge in [0, 0.05) is 18.1 Å². The Kier molecular flexibility index (Phi) is 4.37. The molecule has 0 fully saturated rings. The number of carbonyl (C=O) groups excluding carboxylic acids is 1. The molecule has 92 valence electrons. The fourth-order valence-electron chi connectivity index (χ4n) is 1.77. The molecular formula is C15H14ClNO. The predicted octanol–water partition coefficient (Wildman–Crippen LogP) is 3.50. The van der Waals surface area contributed by atoms with Crippen molar-refractivity contribution >= 4 is 18.0 Å². The minimum Gasteiger partial charge on any atom is -0.337 e. The molecule has 0 atom stereocenters. The van der Waals surface area contributed by atoms with Crippen LogP contribution < -0.4 is 0 Å². The lowest BCUT2D eigenvalue weighted by Gasteiger charge is -2.17. The first kappa shape index (κ1) is 12.7. The van der Waals surface area contributed by atoms with Gasteiger partial charge in [0.05, 0.1) is 0 Å². The lowest BCUT2D eigenvalue weighted by molar-refractivity contribution is -0.119. The first-order valence-electron chi connectivity index (χ1n) is 5.75. The Hall–Kier alpha value is -1.80. The van der Waals surface area contributed by atoms with Crippen molar-refractivity contribution < 1.29 is 4.79 Å². The van der Waals surface area contributed by atoms with Crippen LogP contribution in [-0.2, 0) is 17.9 Å². The molecule has 0 saturated carbocycles. The minimum atomic E-state index is 0.593. The zero-order valence-electron chi connectivity index (χ0n) is 9.92. The summed E-state index contributed by atoms with van der Waals surface area (Å²) in [5.74, 6) is 0. The van der Waals surface area contributed by atoms with E-state index in [2.05, 4.69) is 0 Å². The van der Waals surface area contributed by atoms with Gasteiger partial charge in [-0.3, -0.25) is 4.79 Å². The quantitative estimate of drug-likeness (QED) is 0.753. The Morgan fingerprint density at radius 1 is 0.889 bits per heavy atom. The Morgan fingerprint density at radius 3 is 2.00 bits per heavy atom. The van der Waals surface area contributed by atoms with Gasteiger partial charge in [-0.2, -0.15) is 0 Å². The molecule has 0 aliphatic heterocycles. The molecule has 0 aliphatic rings. The van der Waals surface area contributed by atoms with Gasteiger partial charge in [-0.1, -0.05) is 54.1 Å². The van der Waals surface area contributed by atoms with E-state index in [1.165, 1.54) is 0 Å². The molecule has 0 heterocycles. The van der Waals surface area contributed by atoms with E-state index >= 15 is 0 Å². The Morgan fingerprint density at radius 2 is 1.44 bits per heavy atom. The highest BCUT2D eigenvalue weighted by molar-refractivity contribution is 6.30. The molecule has 0 saturated heterocycles. The number of hydrogen-bond acceptors (Lipinski definition) is 1. The molecule has 1 amide bonds. The van der Waals surface area contributed by atoms with Gasteiger partial charge < -0.3 is 4.90 Å². The molecule has 0 bridgehead atoms. The third kappa shape index (κ3) is 3.60. The topological polar surface area (TPSA) is 20.3 Å². The molecule has 18 heavy (non-hydrogen) atoms. The summed E-state index contributed by atoms with van der Waals surface area (Å²) in [5, 5.41) is 0.708. The maximum atomic E-state index is 11.1. The smallest absolute Gasteiger partial charge is 0.210 e. The van der Waals surface area contributed by atoms with Crippen molar-refractivity contribution in [1.82, 2.24) is 4.90 Å². The number of amides is 1. The van der Waals surface area contributed by atoms with E-state index in [9.17, 15) is 4.79 Å². The number of nitrogens with zero attached hydrogens (tertiary/aromatic N) is 1. The van der Waals surface area contributed by atoms with Crippen molar-refractivity contribution in [3.05, 3.63) is 70.7 Å². The number of rotatable bonds is 5. The summed E-state index contributed by atoms with van der Waals surface area (Å²) in [7, 11) is 0. The predicted molar refractivity (Wildman–Crippen MR) is 73.2 cm³/mol. The molecule has 0 spiro atoms. The van der Waals surface area contributed by atoms with Crippen molar-refractivity contribution in [1.29, 1.82) is 0 Å². The zero-order chi connectivity index (χ0) is 12.8. The monoisotopic (exact) mass is 259 g/mol. The first-order chi connectivity index (χ1) is 8.78. The summed E-state index contributed by atoms with van der Waals surface area (Å²) in [5.41, 5.74) is 2.20. The summed E-state index contributed by atoms with van der Waals surface area (Å²) in [6.07, 6.45) is 0.877. The average Bonchev–Trinajstić information content (AvgIpc) is 2.41. The highest BCUT2D eigenvalue weighted by Crippen LogP contribution is 2.12. The van der Waals surface area contributed by atoms with Crippen LogP contribution in [0, 0.1) is 0 Å². The van der Waals surface area contributed by atoms with E-state index in [1.807, 2.05) is 54.6 Å². The van der Waals surface area contributed by atoms with Crippen molar-refractivity contribution in [2.24, 2.45) is 0 Å². The molecule has 0 aliphatic carbocycles. The third-order valence-electron chi connectivity index (χ3n) is 2.68. The summed E-state index contributed by atoms with van der Waals surface area (Å²) in [6, 6.07) is 17.5. The van der Waals surface area contributed by atoms with E-state index in [4.69, 9.17) is 11.6 Å². The van der Waals surface area contributed by atoms with E-state index in [0.29, 0.717) is 18.1 Å². The number of carbonyl (C=O) groups is 1. The Bertz CT molecular complexity index is 496. The maximum absolute atomic E-state index is 11.1. The molecule has 2 rings (SSSR count). The molecular weight excluding hydrogens is 246 g/mol. The van der Waals surface area contributed by atoms with Crippen LogP contribution in [-0.4, -0.2) is 11.3 Å². The normalized spacial score (nSPS) is 10.1. The number of hydrogen-bond donors (Lipinski definition) is 0. The lowest BCUT2D eigenvalue weighted by atomic mass is 10.2. The van der Waals surface area contributed by atoms with Gasteiger partial charge in [0.2, 0.25) is 6.41 Å². The summed E-state index contributed by atoms with van der Waals surface area (Å²) < 4.78 is 0. The highest BCUT2D eigenvalue weighted by Gasteiger charge is 2.04. The van der Waals surface area contributed by atoms with Crippen LogP contribution in [0.1, 0.15) is 11.1 Å². The molecule has 3 heteroatoms.